The average molecular weight is 614 g/mol. The van der Waals surface area contributed by atoms with E-state index in [-0.39, 0.29) is 26.2 Å². The van der Waals surface area contributed by atoms with Gasteiger partial charge in [-0.1, -0.05) is 27.7 Å². The van der Waals surface area contributed by atoms with Crippen LogP contribution in [0.4, 0.5) is 0 Å². The summed E-state index contributed by atoms with van der Waals surface area (Å²) in [5, 5.41) is 7.94. The van der Waals surface area contributed by atoms with Crippen molar-refractivity contribution in [1.82, 2.24) is 0 Å². The molecule has 0 N–H and O–H groups in total. The van der Waals surface area contributed by atoms with E-state index in [0.717, 1.165) is 36.5 Å². The monoisotopic (exact) mass is 613 g/mol. The predicted octanol–water partition coefficient (Wildman–Crippen LogP) is 8.23. The van der Waals surface area contributed by atoms with Crippen LogP contribution in [-0.2, 0) is 26.2 Å². The Labute approximate surface area is 223 Å². The van der Waals surface area contributed by atoms with E-state index in [1.54, 1.807) is 11.1 Å². The van der Waals surface area contributed by atoms with E-state index >= 15 is 0 Å². The molecule has 1 atom stereocenters. The Morgan fingerprint density at radius 3 is 1.84 bits per heavy atom. The fourth-order valence-corrected chi connectivity index (χ4v) is 9.26. The molecule has 0 bridgehead atoms. The van der Waals surface area contributed by atoms with Gasteiger partial charge >= 0.3 is 160 Å². The second-order valence-electron chi connectivity index (χ2n) is 7.90. The minimum atomic E-state index is -1.41. The Morgan fingerprint density at radius 2 is 1.34 bits per heavy atom. The Hall–Kier alpha value is -0.478. The standard InChI is InChI=1S/C18H13.2C4H10N.2CH3.Sn.Zr/c1-2-7-13(6-1)15-10-5-11-17-16-9-4-3-8-14(16)12-18(15)17;2*1-3-5-4-2;;;;/h1-6,8-12H,7H2;2*3-4H2,1-2H3;2*1H3;;/q;2*-1;;;;+2. The van der Waals surface area contributed by atoms with Gasteiger partial charge in [-0.3, -0.25) is 0 Å². The molecule has 2 aliphatic carbocycles. The quantitative estimate of drug-likeness (QED) is 0.294. The van der Waals surface area contributed by atoms with Crippen LogP contribution >= 0.6 is 0 Å². The topological polar surface area (TPSA) is 28.2 Å². The molecule has 0 aliphatic heterocycles. The normalized spacial score (nSPS) is 15.0. The van der Waals surface area contributed by atoms with Gasteiger partial charge in [0, 0.05) is 0 Å². The van der Waals surface area contributed by atoms with Crippen LogP contribution in [-0.4, -0.2) is 45.9 Å². The molecule has 32 heavy (non-hydrogen) atoms. The fourth-order valence-electron chi connectivity index (χ4n) is 4.23. The van der Waals surface area contributed by atoms with Crippen molar-refractivity contribution in [2.45, 2.75) is 47.9 Å². The molecule has 169 valence electrons. The number of nitrogens with zero attached hydrogens (tertiary/aromatic N) is 2. The number of rotatable bonds is 6. The van der Waals surface area contributed by atoms with Gasteiger partial charge in [-0.15, -0.1) is 0 Å². The molecule has 4 heteroatoms. The third-order valence-corrected chi connectivity index (χ3v) is 10.6. The van der Waals surface area contributed by atoms with Gasteiger partial charge in [0.1, 0.15) is 0 Å². The Kier molecular flexibility index (Phi) is 15.0. The van der Waals surface area contributed by atoms with Gasteiger partial charge in [0.25, 0.3) is 0 Å². The van der Waals surface area contributed by atoms with Crippen LogP contribution in [0.25, 0.3) is 27.3 Å². The molecule has 2 aromatic rings. The zero-order chi connectivity index (χ0) is 22.6. The van der Waals surface area contributed by atoms with Crippen LogP contribution in [0.2, 0.25) is 9.88 Å². The van der Waals surface area contributed by atoms with Crippen LogP contribution in [0.5, 0.6) is 0 Å². The number of benzene rings is 2. The number of fused-ring (bicyclic) bond motifs is 3. The van der Waals surface area contributed by atoms with Gasteiger partial charge < -0.3 is 10.6 Å². The van der Waals surface area contributed by atoms with E-state index in [2.05, 4.69) is 81.2 Å². The molecule has 0 saturated heterocycles. The van der Waals surface area contributed by atoms with Crippen LogP contribution in [0.3, 0.4) is 0 Å². The van der Waals surface area contributed by atoms with E-state index in [4.69, 9.17) is 0 Å². The van der Waals surface area contributed by atoms with Gasteiger partial charge in [0.15, 0.2) is 0 Å². The molecule has 0 heterocycles. The summed E-state index contributed by atoms with van der Waals surface area (Å²) < 4.78 is 0.719. The smallest absolute Gasteiger partial charge is 2.00 e. The minimum Gasteiger partial charge on any atom is 2.00 e. The average Bonchev–Trinajstić information content (AvgIpc) is 3.42. The zero-order valence-corrected chi connectivity index (χ0v) is 26.1. The van der Waals surface area contributed by atoms with Crippen molar-refractivity contribution in [3.05, 3.63) is 88.0 Å². The Morgan fingerprint density at radius 1 is 0.781 bits per heavy atom. The molecule has 0 spiro atoms. The molecule has 0 fully saturated rings. The third kappa shape index (κ3) is 7.79. The summed E-state index contributed by atoms with van der Waals surface area (Å²) in [6.07, 6.45) is 7.85. The maximum Gasteiger partial charge on any atom is 2.00 e. The maximum atomic E-state index is 3.97. The van der Waals surface area contributed by atoms with Gasteiger partial charge in [-0.2, -0.15) is 26.2 Å². The zero-order valence-electron chi connectivity index (χ0n) is 20.8. The molecular formula is C28H39N2SnZr. The minimum absolute atomic E-state index is 0. The van der Waals surface area contributed by atoms with E-state index in [1.807, 2.05) is 27.7 Å². The van der Waals surface area contributed by atoms with Gasteiger partial charge in [-0.05, 0) is 0 Å². The predicted molar refractivity (Wildman–Crippen MR) is 142 cm³/mol. The van der Waals surface area contributed by atoms with Crippen molar-refractivity contribution in [3.63, 3.8) is 0 Å². The summed E-state index contributed by atoms with van der Waals surface area (Å²) >= 11 is -1.41. The molecule has 2 aliphatic rings. The van der Waals surface area contributed by atoms with Crippen LogP contribution < -0.4 is 0 Å². The Bertz CT molecular complexity index is 863. The Balaban J connectivity index is 0.000000396. The largest absolute Gasteiger partial charge is 2.00 e. The fraction of sp³-hybridized carbons (Fsp3) is 0.429. The maximum absolute atomic E-state index is 3.97. The first-order chi connectivity index (χ1) is 15.1. The molecule has 2 nitrogen and oxygen atoms in total. The van der Waals surface area contributed by atoms with Crippen molar-refractivity contribution >= 4 is 25.3 Å². The summed E-state index contributed by atoms with van der Waals surface area (Å²) in [6, 6.07) is 16.0. The molecule has 1 unspecified atom stereocenters. The van der Waals surface area contributed by atoms with E-state index in [9.17, 15) is 0 Å². The summed E-state index contributed by atoms with van der Waals surface area (Å²) in [5.41, 5.74) is 9.18. The van der Waals surface area contributed by atoms with Crippen LogP contribution in [0.15, 0.2) is 60.7 Å². The second-order valence-corrected chi connectivity index (χ2v) is 15.7. The number of hydrogen-bond acceptors (Lipinski definition) is 0. The first kappa shape index (κ1) is 29.6. The first-order valence-electron chi connectivity index (χ1n) is 11.7. The van der Waals surface area contributed by atoms with Crippen molar-refractivity contribution in [1.29, 1.82) is 0 Å². The number of allylic oxidation sites excluding steroid dienone is 4. The molecule has 1 radical (unpaired) electrons. The summed E-state index contributed by atoms with van der Waals surface area (Å²) in [7, 11) is 0. The SMILES string of the molecule is CC[N-]CC.CC[N-]CC.[CH3][Sn]([CH3])[CH]1c2ccccc2-c2cccc(C3=CC=CC3)c21.[Zr+2]. The van der Waals surface area contributed by atoms with E-state index < -0.39 is 19.8 Å². The van der Waals surface area contributed by atoms with Gasteiger partial charge in [-0.25, -0.2) is 0 Å². The third-order valence-electron chi connectivity index (χ3n) is 5.55. The van der Waals surface area contributed by atoms with E-state index in [0.29, 0.717) is 0 Å². The van der Waals surface area contributed by atoms with Gasteiger partial charge in [0.05, 0.1) is 0 Å². The first-order valence-corrected chi connectivity index (χ1v) is 19.1. The van der Waals surface area contributed by atoms with Crippen LogP contribution in [0.1, 0.15) is 54.7 Å². The molecule has 2 aromatic carbocycles. The summed E-state index contributed by atoms with van der Waals surface area (Å²) in [6.45, 7) is 12.1. The van der Waals surface area contributed by atoms with Crippen molar-refractivity contribution in [2.24, 2.45) is 0 Å². The molecule has 0 saturated carbocycles. The number of hydrogen-bond donors (Lipinski definition) is 0. The van der Waals surface area contributed by atoms with Gasteiger partial charge in [0.2, 0.25) is 0 Å². The molecule has 0 aromatic heterocycles. The van der Waals surface area contributed by atoms with Crippen molar-refractivity contribution in [2.75, 3.05) is 26.2 Å². The van der Waals surface area contributed by atoms with Crippen LogP contribution in [0, 0.1) is 0 Å². The molecule has 4 rings (SSSR count). The molecular weight excluding hydrogens is 574 g/mol. The summed E-state index contributed by atoms with van der Waals surface area (Å²) in [5.74, 6) is 0. The molecule has 0 amide bonds. The van der Waals surface area contributed by atoms with Crippen molar-refractivity contribution < 1.29 is 26.2 Å². The summed E-state index contributed by atoms with van der Waals surface area (Å²) in [4.78, 5) is 5.08. The van der Waals surface area contributed by atoms with Crippen molar-refractivity contribution in [3.8, 4) is 11.1 Å². The second kappa shape index (κ2) is 16.2. The van der Waals surface area contributed by atoms with E-state index in [1.165, 1.54) is 22.3 Å².